The van der Waals surface area contributed by atoms with Gasteiger partial charge in [-0.3, -0.25) is 9.78 Å². The average molecular weight is 287 g/mol. The molecule has 0 aliphatic carbocycles. The number of aryl methyl sites for hydroxylation is 1. The lowest BCUT2D eigenvalue weighted by atomic mass is 10.1. The zero-order chi connectivity index (χ0) is 15.1. The van der Waals surface area contributed by atoms with Crippen molar-refractivity contribution in [1.29, 1.82) is 0 Å². The van der Waals surface area contributed by atoms with Crippen LogP contribution in [0.5, 0.6) is 0 Å². The second-order valence-electron chi connectivity index (χ2n) is 4.54. The molecule has 0 spiro atoms. The Hall–Kier alpha value is -2.47. The van der Waals surface area contributed by atoms with E-state index in [0.717, 1.165) is 21.6 Å². The van der Waals surface area contributed by atoms with Crippen LogP contribution in [0.25, 0.3) is 10.9 Å². The molecule has 2 rings (SSSR count). The number of pyridine rings is 1. The van der Waals surface area contributed by atoms with Crippen LogP contribution >= 0.6 is 0 Å². The molecule has 2 aromatic rings. The van der Waals surface area contributed by atoms with Crippen LogP contribution < -0.4 is 5.84 Å². The van der Waals surface area contributed by atoms with Crippen LogP contribution in [0.4, 0.5) is 4.79 Å². The summed E-state index contributed by atoms with van der Waals surface area (Å²) in [5, 5.41) is 2.06. The van der Waals surface area contributed by atoms with Crippen molar-refractivity contribution in [2.24, 2.45) is 5.84 Å². The van der Waals surface area contributed by atoms with E-state index in [1.165, 1.54) is 0 Å². The maximum atomic E-state index is 11.3. The molecule has 0 saturated carbocycles. The van der Waals surface area contributed by atoms with Crippen molar-refractivity contribution in [3.05, 3.63) is 42.1 Å². The molecule has 110 valence electrons. The summed E-state index contributed by atoms with van der Waals surface area (Å²) in [4.78, 5) is 26.0. The number of hydrazine groups is 1. The number of nitrogens with two attached hydrogens (primary N) is 1. The Morgan fingerprint density at radius 1 is 1.29 bits per heavy atom. The molecule has 1 heterocycles. The Bertz CT molecular complexity index is 630. The molecular weight excluding hydrogens is 270 g/mol. The third kappa shape index (κ3) is 4.25. The van der Waals surface area contributed by atoms with Gasteiger partial charge in [0.05, 0.1) is 5.52 Å². The summed E-state index contributed by atoms with van der Waals surface area (Å²) in [6, 6.07) is 11.9. The van der Waals surface area contributed by atoms with E-state index in [1.807, 2.05) is 36.4 Å². The quantitative estimate of drug-likeness (QED) is 0.378. The van der Waals surface area contributed by atoms with Gasteiger partial charge in [0, 0.05) is 17.6 Å². The minimum atomic E-state index is -0.700. The number of ether oxygens (including phenoxy) is 1. The van der Waals surface area contributed by atoms with Gasteiger partial charge in [0.1, 0.15) is 6.61 Å². The fraction of sp³-hybridized carbons (Fsp3) is 0.267. The zero-order valence-electron chi connectivity index (χ0n) is 11.6. The molecular formula is C15H17N3O3. The summed E-state index contributed by atoms with van der Waals surface area (Å²) < 4.78 is 4.59. The maximum Gasteiger partial charge on any atom is 0.424 e. The van der Waals surface area contributed by atoms with Gasteiger partial charge in [-0.1, -0.05) is 24.3 Å². The minimum absolute atomic E-state index is 0.279. The Morgan fingerprint density at radius 3 is 2.90 bits per heavy atom. The Morgan fingerprint density at radius 2 is 2.10 bits per heavy atom. The predicted molar refractivity (Wildman–Crippen MR) is 78.4 cm³/mol. The fourth-order valence-corrected chi connectivity index (χ4v) is 1.96. The van der Waals surface area contributed by atoms with Crippen molar-refractivity contribution in [3.63, 3.8) is 0 Å². The molecule has 6 heteroatoms. The van der Waals surface area contributed by atoms with E-state index in [1.54, 1.807) is 0 Å². The first-order valence-corrected chi connectivity index (χ1v) is 6.68. The molecule has 0 unspecified atom stereocenters. The summed E-state index contributed by atoms with van der Waals surface area (Å²) >= 11 is 0. The van der Waals surface area contributed by atoms with Crippen LogP contribution in [0.1, 0.15) is 12.1 Å². The van der Waals surface area contributed by atoms with Crippen molar-refractivity contribution >= 4 is 23.3 Å². The van der Waals surface area contributed by atoms with Gasteiger partial charge in [-0.15, -0.1) is 0 Å². The van der Waals surface area contributed by atoms with Crippen LogP contribution in [0.15, 0.2) is 36.4 Å². The third-order valence-electron chi connectivity index (χ3n) is 3.00. The highest BCUT2D eigenvalue weighted by Crippen LogP contribution is 2.12. The average Bonchev–Trinajstić information content (AvgIpc) is 2.52. The molecule has 0 atom stereocenters. The number of carbonyl (C=O) groups excluding carboxylic acids is 2. The van der Waals surface area contributed by atoms with E-state index in [-0.39, 0.29) is 6.61 Å². The molecule has 1 amide bonds. The summed E-state index contributed by atoms with van der Waals surface area (Å²) in [6.45, 7) is 0.0605. The van der Waals surface area contributed by atoms with Crippen molar-refractivity contribution in [3.8, 4) is 0 Å². The topological polar surface area (TPSA) is 85.5 Å². The lowest BCUT2D eigenvalue weighted by molar-refractivity contribution is -0.110. The number of nitrogens with zero attached hydrogens (tertiary/aromatic N) is 2. The lowest BCUT2D eigenvalue weighted by Crippen LogP contribution is -2.39. The van der Waals surface area contributed by atoms with Gasteiger partial charge in [0.2, 0.25) is 0 Å². The van der Waals surface area contributed by atoms with Crippen LogP contribution in [-0.2, 0) is 16.0 Å². The number of carbonyl (C=O) groups is 2. The summed E-state index contributed by atoms with van der Waals surface area (Å²) in [6.07, 6.45) is 1.18. The predicted octanol–water partition coefficient (Wildman–Crippen LogP) is 1.68. The van der Waals surface area contributed by atoms with Crippen LogP contribution in [0.3, 0.4) is 0 Å². The van der Waals surface area contributed by atoms with Gasteiger partial charge >= 0.3 is 6.09 Å². The normalized spacial score (nSPS) is 10.3. The highest BCUT2D eigenvalue weighted by molar-refractivity contribution is 5.78. The van der Waals surface area contributed by atoms with Gasteiger partial charge in [-0.05, 0) is 25.0 Å². The third-order valence-corrected chi connectivity index (χ3v) is 3.00. The maximum absolute atomic E-state index is 11.3. The number of fused-ring (bicyclic) bond motifs is 1. The monoisotopic (exact) mass is 287 g/mol. The first-order chi connectivity index (χ1) is 10.2. The van der Waals surface area contributed by atoms with Crippen molar-refractivity contribution < 1.29 is 14.3 Å². The van der Waals surface area contributed by atoms with Gasteiger partial charge in [0.15, 0.2) is 6.29 Å². The summed E-state index contributed by atoms with van der Waals surface area (Å²) in [5.41, 5.74) is 1.90. The van der Waals surface area contributed by atoms with Crippen LogP contribution in [0.2, 0.25) is 0 Å². The van der Waals surface area contributed by atoms with Crippen LogP contribution in [0, 0.1) is 0 Å². The fourth-order valence-electron chi connectivity index (χ4n) is 1.96. The Balaban J connectivity index is 1.84. The first-order valence-electron chi connectivity index (χ1n) is 6.68. The number of aromatic nitrogens is 1. The van der Waals surface area contributed by atoms with Gasteiger partial charge in [0.25, 0.3) is 0 Å². The second-order valence-corrected chi connectivity index (χ2v) is 4.54. The molecule has 0 saturated heterocycles. The highest BCUT2D eigenvalue weighted by Gasteiger charge is 2.10. The molecule has 0 fully saturated rings. The molecule has 0 radical (unpaired) electrons. The summed E-state index contributed by atoms with van der Waals surface area (Å²) in [7, 11) is 0. The van der Waals surface area contributed by atoms with Gasteiger partial charge in [-0.25, -0.2) is 15.6 Å². The van der Waals surface area contributed by atoms with E-state index in [2.05, 4.69) is 9.72 Å². The number of hydrogen-bond acceptors (Lipinski definition) is 5. The summed E-state index contributed by atoms with van der Waals surface area (Å²) in [5.74, 6) is 5.54. The number of amides is 1. The first kappa shape index (κ1) is 14.9. The lowest BCUT2D eigenvalue weighted by Gasteiger charge is -2.15. The van der Waals surface area contributed by atoms with E-state index in [0.29, 0.717) is 25.7 Å². The SMILES string of the molecule is NN(CCCc1ccc2ccccc2n1)C(=O)OCC=O. The van der Waals surface area contributed by atoms with Gasteiger partial charge < -0.3 is 4.74 Å². The number of benzene rings is 1. The second kappa shape index (κ2) is 7.35. The van der Waals surface area contributed by atoms with Crippen molar-refractivity contribution in [2.75, 3.05) is 13.2 Å². The molecule has 1 aromatic carbocycles. The standard InChI is InChI=1S/C15H17N3O3/c16-18(15(20)21-11-10-19)9-3-5-13-8-7-12-4-1-2-6-14(12)17-13/h1-2,4,6-8,10H,3,5,9,11,16H2. The molecule has 1 aromatic heterocycles. The number of aldehydes is 1. The van der Waals surface area contributed by atoms with Gasteiger partial charge in [-0.2, -0.15) is 0 Å². The van der Waals surface area contributed by atoms with Crippen molar-refractivity contribution in [1.82, 2.24) is 9.99 Å². The van der Waals surface area contributed by atoms with E-state index in [4.69, 9.17) is 5.84 Å². The molecule has 21 heavy (non-hydrogen) atoms. The highest BCUT2D eigenvalue weighted by atomic mass is 16.6. The largest absolute Gasteiger partial charge is 0.441 e. The van der Waals surface area contributed by atoms with Crippen LogP contribution in [-0.4, -0.2) is 35.5 Å². The Kier molecular flexibility index (Phi) is 5.22. The van der Waals surface area contributed by atoms with E-state index < -0.39 is 6.09 Å². The molecule has 0 aliphatic rings. The minimum Gasteiger partial charge on any atom is -0.441 e. The number of rotatable bonds is 6. The smallest absolute Gasteiger partial charge is 0.424 e. The van der Waals surface area contributed by atoms with E-state index in [9.17, 15) is 9.59 Å². The molecule has 2 N–H and O–H groups in total. The Labute approximate surface area is 122 Å². The van der Waals surface area contributed by atoms with Crippen molar-refractivity contribution in [2.45, 2.75) is 12.8 Å². The number of hydrogen-bond donors (Lipinski definition) is 1. The molecule has 0 bridgehead atoms. The molecule has 6 nitrogen and oxygen atoms in total. The van der Waals surface area contributed by atoms with E-state index >= 15 is 0 Å². The number of para-hydroxylation sites is 1. The zero-order valence-corrected chi connectivity index (χ0v) is 11.6. The molecule has 0 aliphatic heterocycles.